The van der Waals surface area contributed by atoms with Crippen molar-refractivity contribution in [3.63, 3.8) is 0 Å². The number of hydrogen-bond donors (Lipinski definition) is 0. The molecule has 0 bridgehead atoms. The lowest BCUT2D eigenvalue weighted by atomic mass is 9.66. The fourth-order valence-corrected chi connectivity index (χ4v) is 8.16. The molecule has 1 aliphatic heterocycles. The van der Waals surface area contributed by atoms with Gasteiger partial charge in [0.2, 0.25) is 0 Å². The normalized spacial score (nSPS) is 13.1. The quantitative estimate of drug-likeness (QED) is 0.187. The Morgan fingerprint density at radius 1 is 0.385 bits per heavy atom. The topological polar surface area (TPSA) is 60.8 Å². The van der Waals surface area contributed by atoms with E-state index in [1.165, 1.54) is 22.3 Å². The molecule has 2 aromatic heterocycles. The molecule has 3 heterocycles. The third kappa shape index (κ3) is 4.56. The Labute approximate surface area is 302 Å². The number of fused-ring (bicyclic) bond motifs is 9. The summed E-state index contributed by atoms with van der Waals surface area (Å²) in [6.07, 6.45) is 0. The molecule has 0 atom stereocenters. The molecule has 0 unspecified atom stereocenters. The van der Waals surface area contributed by atoms with Crippen LogP contribution in [0.2, 0.25) is 0 Å². The minimum absolute atomic E-state index is 0.584. The summed E-state index contributed by atoms with van der Waals surface area (Å²) < 4.78 is 6.56. The fourth-order valence-electron chi connectivity index (χ4n) is 8.16. The molecule has 6 aromatic carbocycles. The molecule has 0 radical (unpaired) electrons. The molecule has 1 aliphatic carbocycles. The van der Waals surface area contributed by atoms with Gasteiger partial charge in [0.05, 0.1) is 5.41 Å². The molecule has 0 fully saturated rings. The number of hydrogen-bond acceptors (Lipinski definition) is 5. The second kappa shape index (κ2) is 11.7. The Bertz CT molecular complexity index is 2660. The number of benzene rings is 6. The first-order valence-corrected chi connectivity index (χ1v) is 17.6. The maximum Gasteiger partial charge on any atom is 0.164 e. The molecule has 5 heteroatoms. The van der Waals surface area contributed by atoms with Crippen molar-refractivity contribution in [3.05, 3.63) is 191 Å². The van der Waals surface area contributed by atoms with E-state index in [1.54, 1.807) is 0 Å². The van der Waals surface area contributed by atoms with Crippen LogP contribution >= 0.6 is 0 Å². The summed E-state index contributed by atoms with van der Waals surface area (Å²) in [4.78, 5) is 20.1. The Morgan fingerprint density at radius 3 is 1.63 bits per heavy atom. The van der Waals surface area contributed by atoms with Crippen LogP contribution in [0, 0.1) is 13.8 Å². The molecule has 10 rings (SSSR count). The zero-order valence-electron chi connectivity index (χ0n) is 28.7. The largest absolute Gasteiger partial charge is 0.457 e. The number of ether oxygens (including phenoxy) is 1. The van der Waals surface area contributed by atoms with Gasteiger partial charge in [-0.25, -0.2) is 15.0 Å². The van der Waals surface area contributed by atoms with Crippen molar-refractivity contribution in [2.75, 3.05) is 0 Å². The summed E-state index contributed by atoms with van der Waals surface area (Å²) in [5, 5.41) is 0. The van der Waals surface area contributed by atoms with Crippen molar-refractivity contribution in [1.82, 2.24) is 19.9 Å². The van der Waals surface area contributed by atoms with Gasteiger partial charge in [0.25, 0.3) is 0 Å². The van der Waals surface area contributed by atoms with Gasteiger partial charge in [-0.15, -0.1) is 0 Å². The van der Waals surface area contributed by atoms with Gasteiger partial charge in [-0.05, 0) is 72.0 Å². The number of aromatic nitrogens is 4. The van der Waals surface area contributed by atoms with E-state index in [-0.39, 0.29) is 0 Å². The molecule has 0 saturated heterocycles. The van der Waals surface area contributed by atoms with Gasteiger partial charge in [-0.3, -0.25) is 4.98 Å². The first-order valence-electron chi connectivity index (χ1n) is 17.6. The van der Waals surface area contributed by atoms with E-state index in [1.807, 2.05) is 49.4 Å². The van der Waals surface area contributed by atoms with Crippen LogP contribution in [-0.2, 0) is 5.41 Å². The SMILES string of the molecule is Cc1ccc(-c2cccc(-c3nc(-c4ccccc4)nc(-c4ccc5c(c4)C4(c6ccccc6Oc6ccccc64)c4ccccc4-5)n3)c2)c(C)n1. The first-order chi connectivity index (χ1) is 25.6. The van der Waals surface area contributed by atoms with E-state index in [0.717, 1.165) is 61.8 Å². The third-order valence-corrected chi connectivity index (χ3v) is 10.4. The molecule has 246 valence electrons. The van der Waals surface area contributed by atoms with Gasteiger partial charge in [0.1, 0.15) is 11.5 Å². The molecule has 0 N–H and O–H groups in total. The minimum Gasteiger partial charge on any atom is -0.457 e. The summed E-state index contributed by atoms with van der Waals surface area (Å²) in [5.41, 5.74) is 13.4. The van der Waals surface area contributed by atoms with Crippen molar-refractivity contribution < 1.29 is 4.74 Å². The Hall–Kier alpha value is -6.72. The molecule has 0 saturated carbocycles. The van der Waals surface area contributed by atoms with E-state index in [9.17, 15) is 0 Å². The van der Waals surface area contributed by atoms with E-state index < -0.39 is 5.41 Å². The summed E-state index contributed by atoms with van der Waals surface area (Å²) in [6, 6.07) is 55.0. The van der Waals surface area contributed by atoms with E-state index in [0.29, 0.717) is 17.5 Å². The zero-order chi connectivity index (χ0) is 34.8. The van der Waals surface area contributed by atoms with Gasteiger partial charge >= 0.3 is 0 Å². The predicted molar refractivity (Wildman–Crippen MR) is 206 cm³/mol. The van der Waals surface area contributed by atoms with Gasteiger partial charge in [0, 0.05) is 44.8 Å². The van der Waals surface area contributed by atoms with E-state index >= 15 is 0 Å². The minimum atomic E-state index is -0.584. The highest BCUT2D eigenvalue weighted by Gasteiger charge is 2.51. The van der Waals surface area contributed by atoms with Crippen LogP contribution in [0.1, 0.15) is 33.6 Å². The van der Waals surface area contributed by atoms with Crippen molar-refractivity contribution in [2.45, 2.75) is 19.3 Å². The lowest BCUT2D eigenvalue weighted by Crippen LogP contribution is -2.32. The smallest absolute Gasteiger partial charge is 0.164 e. The van der Waals surface area contributed by atoms with Crippen molar-refractivity contribution in [1.29, 1.82) is 0 Å². The molecular formula is C47H32N4O. The van der Waals surface area contributed by atoms with Crippen molar-refractivity contribution in [2.24, 2.45) is 0 Å². The monoisotopic (exact) mass is 668 g/mol. The molecule has 2 aliphatic rings. The summed E-state index contributed by atoms with van der Waals surface area (Å²) in [6.45, 7) is 4.07. The second-order valence-corrected chi connectivity index (χ2v) is 13.5. The average molecular weight is 669 g/mol. The predicted octanol–water partition coefficient (Wildman–Crippen LogP) is 11.0. The fraction of sp³-hybridized carbons (Fsp3) is 0.0638. The highest BCUT2D eigenvalue weighted by atomic mass is 16.5. The standard InChI is InChI=1S/C47H32N4O/c1-29-23-25-35(30(2)48-29)32-15-12-16-33(27-32)45-49-44(31-13-4-3-5-14-31)50-46(51-45)34-24-26-37-36-17-6-7-18-38(36)47(41(37)28-34)39-19-8-10-21-42(39)52-43-22-11-9-20-40(43)47/h3-28H,1-2H3. The van der Waals surface area contributed by atoms with Crippen LogP contribution in [0.4, 0.5) is 0 Å². The van der Waals surface area contributed by atoms with Crippen LogP contribution < -0.4 is 4.74 Å². The summed E-state index contributed by atoms with van der Waals surface area (Å²) in [5.74, 6) is 3.58. The molecule has 52 heavy (non-hydrogen) atoms. The summed E-state index contributed by atoms with van der Waals surface area (Å²) >= 11 is 0. The van der Waals surface area contributed by atoms with Crippen molar-refractivity contribution >= 4 is 0 Å². The van der Waals surface area contributed by atoms with Gasteiger partial charge in [-0.1, -0.05) is 127 Å². The Morgan fingerprint density at radius 2 is 0.923 bits per heavy atom. The number of rotatable bonds is 4. The summed E-state index contributed by atoms with van der Waals surface area (Å²) in [7, 11) is 0. The number of aryl methyl sites for hydroxylation is 2. The Kier molecular flexibility index (Phi) is 6.77. The second-order valence-electron chi connectivity index (χ2n) is 13.5. The van der Waals surface area contributed by atoms with Crippen molar-refractivity contribution in [3.8, 4) is 67.9 Å². The maximum atomic E-state index is 6.56. The van der Waals surface area contributed by atoms with E-state index in [4.69, 9.17) is 24.7 Å². The Balaban J connectivity index is 1.20. The van der Waals surface area contributed by atoms with Crippen LogP contribution in [0.15, 0.2) is 158 Å². The highest BCUT2D eigenvalue weighted by molar-refractivity contribution is 5.90. The lowest BCUT2D eigenvalue weighted by molar-refractivity contribution is 0.436. The van der Waals surface area contributed by atoms with Crippen LogP contribution in [0.25, 0.3) is 56.4 Å². The molecule has 0 amide bonds. The molecule has 5 nitrogen and oxygen atoms in total. The van der Waals surface area contributed by atoms with Gasteiger partial charge in [0.15, 0.2) is 17.5 Å². The molecule has 8 aromatic rings. The van der Waals surface area contributed by atoms with Gasteiger partial charge < -0.3 is 4.74 Å². The number of nitrogens with zero attached hydrogens (tertiary/aromatic N) is 4. The van der Waals surface area contributed by atoms with Gasteiger partial charge in [-0.2, -0.15) is 0 Å². The highest BCUT2D eigenvalue weighted by Crippen LogP contribution is 2.62. The maximum absolute atomic E-state index is 6.56. The van der Waals surface area contributed by atoms with Crippen LogP contribution in [0.3, 0.4) is 0 Å². The number of pyridine rings is 1. The molecule has 1 spiro atoms. The molecular weight excluding hydrogens is 637 g/mol. The first kappa shape index (κ1) is 30.1. The lowest BCUT2D eigenvalue weighted by Gasteiger charge is -2.39. The van der Waals surface area contributed by atoms with E-state index in [2.05, 4.69) is 122 Å². The average Bonchev–Trinajstić information content (AvgIpc) is 3.48. The van der Waals surface area contributed by atoms with Crippen LogP contribution in [0.5, 0.6) is 11.5 Å². The third-order valence-electron chi connectivity index (χ3n) is 10.4. The van der Waals surface area contributed by atoms with Crippen LogP contribution in [-0.4, -0.2) is 19.9 Å². The number of para-hydroxylation sites is 2. The zero-order valence-corrected chi connectivity index (χ0v) is 28.7.